The van der Waals surface area contributed by atoms with Gasteiger partial charge in [0.25, 0.3) is 0 Å². The first-order valence-electron chi connectivity index (χ1n) is 8.46. The van der Waals surface area contributed by atoms with Crippen LogP contribution in [0.15, 0.2) is 36.0 Å². The number of hydrogen-bond acceptors (Lipinski definition) is 8. The first-order valence-corrected chi connectivity index (χ1v) is 10.1. The van der Waals surface area contributed by atoms with Crippen LogP contribution in [-0.2, 0) is 23.1 Å². The Kier molecular flexibility index (Phi) is 4.52. The summed E-state index contributed by atoms with van der Waals surface area (Å²) in [6.07, 6.45) is 0.415. The molecule has 0 aliphatic carbocycles. The molecule has 4 aromatic rings. The fourth-order valence-electron chi connectivity index (χ4n) is 2.81. The van der Waals surface area contributed by atoms with Gasteiger partial charge in [0, 0.05) is 7.05 Å². The molecule has 0 unspecified atom stereocenters. The molecule has 156 valence electrons. The molecule has 0 bridgehead atoms. The van der Waals surface area contributed by atoms with Crippen molar-refractivity contribution in [1.82, 2.24) is 39.3 Å². The zero-order valence-electron chi connectivity index (χ0n) is 15.5. The first-order chi connectivity index (χ1) is 14.1. The minimum atomic E-state index is -4.68. The third-order valence-electron chi connectivity index (χ3n) is 4.31. The quantitative estimate of drug-likeness (QED) is 0.473. The van der Waals surface area contributed by atoms with Crippen molar-refractivity contribution in [1.29, 1.82) is 0 Å². The molecule has 0 saturated carbocycles. The predicted octanol–water partition coefficient (Wildman–Crippen LogP) is 1.82. The number of pyridine rings is 1. The molecule has 30 heavy (non-hydrogen) atoms. The summed E-state index contributed by atoms with van der Waals surface area (Å²) >= 11 is 0. The SMILES string of the molecule is CCS(=O)(=O)c1cc(-n2cncn2)cnc1-c1ncc2nc(C(F)(F)F)n(C)c2n1. The van der Waals surface area contributed by atoms with Crippen molar-refractivity contribution in [2.24, 2.45) is 7.05 Å². The summed E-state index contributed by atoms with van der Waals surface area (Å²) in [6, 6.07) is 1.34. The monoisotopic (exact) mass is 438 g/mol. The lowest BCUT2D eigenvalue weighted by Gasteiger charge is -2.10. The van der Waals surface area contributed by atoms with E-state index in [9.17, 15) is 21.6 Å². The van der Waals surface area contributed by atoms with Crippen LogP contribution in [0, 0.1) is 0 Å². The highest BCUT2D eigenvalue weighted by Gasteiger charge is 2.37. The molecule has 10 nitrogen and oxygen atoms in total. The van der Waals surface area contributed by atoms with E-state index in [1.165, 1.54) is 43.6 Å². The molecular weight excluding hydrogens is 425 g/mol. The van der Waals surface area contributed by atoms with Gasteiger partial charge in [0.1, 0.15) is 23.9 Å². The van der Waals surface area contributed by atoms with E-state index >= 15 is 0 Å². The molecule has 0 fully saturated rings. The lowest BCUT2D eigenvalue weighted by Crippen LogP contribution is -2.12. The Labute approximate surface area is 167 Å². The summed E-state index contributed by atoms with van der Waals surface area (Å²) in [4.78, 5) is 19.4. The molecule has 0 N–H and O–H groups in total. The smallest absolute Gasteiger partial charge is 0.308 e. The average Bonchev–Trinajstić information content (AvgIpc) is 3.35. The van der Waals surface area contributed by atoms with E-state index in [2.05, 4.69) is 30.0 Å². The van der Waals surface area contributed by atoms with Crippen LogP contribution < -0.4 is 0 Å². The third kappa shape index (κ3) is 3.28. The van der Waals surface area contributed by atoms with Crippen LogP contribution in [0.5, 0.6) is 0 Å². The molecule has 4 rings (SSSR count). The molecule has 0 aromatic carbocycles. The number of rotatable bonds is 4. The fraction of sp³-hybridized carbons (Fsp3) is 0.250. The van der Waals surface area contributed by atoms with E-state index in [0.717, 1.165) is 10.8 Å². The molecule has 0 atom stereocenters. The largest absolute Gasteiger partial charge is 0.449 e. The Bertz CT molecular complexity index is 1350. The van der Waals surface area contributed by atoms with E-state index in [0.29, 0.717) is 5.69 Å². The number of alkyl halides is 3. The van der Waals surface area contributed by atoms with Gasteiger partial charge in [-0.05, 0) is 6.07 Å². The Morgan fingerprint density at radius 1 is 1.13 bits per heavy atom. The molecule has 0 spiro atoms. The van der Waals surface area contributed by atoms with Crippen molar-refractivity contribution >= 4 is 21.0 Å². The van der Waals surface area contributed by atoms with Crippen molar-refractivity contribution in [3.63, 3.8) is 0 Å². The van der Waals surface area contributed by atoms with E-state index < -0.39 is 21.8 Å². The molecule has 14 heteroatoms. The number of halogens is 3. The van der Waals surface area contributed by atoms with Gasteiger partial charge in [0.05, 0.1) is 28.7 Å². The first kappa shape index (κ1) is 19.9. The summed E-state index contributed by atoms with van der Waals surface area (Å²) in [5, 5.41) is 3.94. The molecule has 4 heterocycles. The van der Waals surface area contributed by atoms with E-state index in [4.69, 9.17) is 0 Å². The minimum absolute atomic E-state index is 0.0762. The van der Waals surface area contributed by atoms with Crippen LogP contribution in [0.4, 0.5) is 13.2 Å². The molecule has 4 aromatic heterocycles. The highest BCUT2D eigenvalue weighted by molar-refractivity contribution is 7.91. The van der Waals surface area contributed by atoms with Gasteiger partial charge in [0.2, 0.25) is 5.82 Å². The molecule has 0 aliphatic heterocycles. The van der Waals surface area contributed by atoms with Gasteiger partial charge >= 0.3 is 6.18 Å². The number of sulfone groups is 1. The van der Waals surface area contributed by atoms with E-state index in [-0.39, 0.29) is 33.3 Å². The minimum Gasteiger partial charge on any atom is -0.308 e. The maximum atomic E-state index is 13.1. The van der Waals surface area contributed by atoms with Crippen molar-refractivity contribution in [3.05, 3.63) is 36.9 Å². The maximum Gasteiger partial charge on any atom is 0.449 e. The van der Waals surface area contributed by atoms with Gasteiger partial charge in [0.15, 0.2) is 21.3 Å². The number of fused-ring (bicyclic) bond motifs is 1. The zero-order valence-corrected chi connectivity index (χ0v) is 16.3. The second kappa shape index (κ2) is 6.83. The van der Waals surface area contributed by atoms with Crippen LogP contribution in [0.2, 0.25) is 0 Å². The van der Waals surface area contributed by atoms with Gasteiger partial charge in [-0.2, -0.15) is 18.3 Å². The van der Waals surface area contributed by atoms with Crippen molar-refractivity contribution in [2.75, 3.05) is 5.75 Å². The lowest BCUT2D eigenvalue weighted by molar-refractivity contribution is -0.146. The van der Waals surface area contributed by atoms with Crippen molar-refractivity contribution in [2.45, 2.75) is 18.0 Å². The molecule has 0 aliphatic rings. The second-order valence-corrected chi connectivity index (χ2v) is 8.43. The summed E-state index contributed by atoms with van der Waals surface area (Å²) < 4.78 is 66.8. The lowest BCUT2D eigenvalue weighted by atomic mass is 10.3. The standard InChI is InChI=1S/C16H13F3N8O2S/c1-3-30(28,29)11-4-9(27-8-20-7-23-27)5-21-12(11)13-22-6-10-14(25-13)26(2)15(24-10)16(17,18)19/h4-8H,3H2,1-2H3. The third-order valence-corrected chi connectivity index (χ3v) is 6.06. The van der Waals surface area contributed by atoms with Crippen molar-refractivity contribution in [3.8, 4) is 17.2 Å². The Balaban J connectivity index is 1.93. The van der Waals surface area contributed by atoms with Gasteiger partial charge in [-0.1, -0.05) is 6.92 Å². The molecule has 0 amide bonds. The maximum absolute atomic E-state index is 13.1. The Morgan fingerprint density at radius 3 is 2.53 bits per heavy atom. The Morgan fingerprint density at radius 2 is 1.90 bits per heavy atom. The van der Waals surface area contributed by atoms with Gasteiger partial charge in [-0.3, -0.25) is 0 Å². The zero-order chi connectivity index (χ0) is 21.7. The topological polar surface area (TPSA) is 121 Å². The van der Waals surface area contributed by atoms with Crippen LogP contribution in [-0.4, -0.2) is 53.4 Å². The number of aromatic nitrogens is 8. The summed E-state index contributed by atoms with van der Waals surface area (Å²) in [5.74, 6) is -1.51. The fourth-order valence-corrected chi connectivity index (χ4v) is 3.86. The van der Waals surface area contributed by atoms with Crippen LogP contribution >= 0.6 is 0 Å². The van der Waals surface area contributed by atoms with E-state index in [1.807, 2.05) is 0 Å². The van der Waals surface area contributed by atoms with Crippen LogP contribution in [0.3, 0.4) is 0 Å². The number of imidazole rings is 1. The van der Waals surface area contributed by atoms with Crippen LogP contribution in [0.25, 0.3) is 28.4 Å². The highest BCUT2D eigenvalue weighted by Crippen LogP contribution is 2.31. The van der Waals surface area contributed by atoms with E-state index in [1.54, 1.807) is 0 Å². The molecule has 0 saturated heterocycles. The summed E-state index contributed by atoms with van der Waals surface area (Å²) in [5.41, 5.74) is 0.0728. The summed E-state index contributed by atoms with van der Waals surface area (Å²) in [7, 11) is -2.61. The number of hydrogen-bond donors (Lipinski definition) is 0. The summed E-state index contributed by atoms with van der Waals surface area (Å²) in [6.45, 7) is 1.46. The normalized spacial score (nSPS) is 12.6. The second-order valence-electron chi connectivity index (χ2n) is 6.18. The Hall–Kier alpha value is -3.42. The number of nitrogens with zero attached hydrogens (tertiary/aromatic N) is 8. The van der Waals surface area contributed by atoms with Crippen molar-refractivity contribution < 1.29 is 21.6 Å². The molecule has 0 radical (unpaired) electrons. The van der Waals surface area contributed by atoms with Gasteiger partial charge < -0.3 is 4.57 Å². The highest BCUT2D eigenvalue weighted by atomic mass is 32.2. The predicted molar refractivity (Wildman–Crippen MR) is 97.2 cm³/mol. The van der Waals surface area contributed by atoms with Crippen LogP contribution in [0.1, 0.15) is 12.7 Å². The van der Waals surface area contributed by atoms with Gasteiger partial charge in [-0.15, -0.1) is 0 Å². The molecular formula is C16H13F3N8O2S. The number of aryl methyl sites for hydroxylation is 1. The average molecular weight is 438 g/mol. The van der Waals surface area contributed by atoms with Gasteiger partial charge in [-0.25, -0.2) is 38.0 Å².